The number of hydrogen-bond donors (Lipinski definition) is 2. The van der Waals surface area contributed by atoms with Crippen LogP contribution in [0.1, 0.15) is 30.0 Å². The zero-order valence-electron chi connectivity index (χ0n) is 11.9. The van der Waals surface area contributed by atoms with Crippen molar-refractivity contribution in [1.82, 2.24) is 0 Å². The number of aliphatic hydroxyl groups is 1. The average Bonchev–Trinajstić information content (AvgIpc) is 2.47. The van der Waals surface area contributed by atoms with E-state index in [1.165, 1.54) is 11.3 Å². The lowest BCUT2D eigenvalue weighted by Crippen LogP contribution is -2.25. The van der Waals surface area contributed by atoms with Gasteiger partial charge in [-0.1, -0.05) is 42.5 Å². The van der Waals surface area contributed by atoms with Crippen LogP contribution in [0.4, 0.5) is 5.69 Å². The van der Waals surface area contributed by atoms with Crippen molar-refractivity contribution < 1.29 is 5.11 Å². The molecule has 0 amide bonds. The first-order valence-corrected chi connectivity index (χ1v) is 7.29. The molecule has 0 aliphatic carbocycles. The van der Waals surface area contributed by atoms with E-state index in [-0.39, 0.29) is 0 Å². The lowest BCUT2D eigenvalue weighted by Gasteiger charge is -2.27. The van der Waals surface area contributed by atoms with Gasteiger partial charge in [-0.05, 0) is 42.5 Å². The van der Waals surface area contributed by atoms with Crippen molar-refractivity contribution in [2.45, 2.75) is 31.8 Å². The van der Waals surface area contributed by atoms with Crippen LogP contribution >= 0.6 is 0 Å². The molecule has 0 aromatic heterocycles. The fraction of sp³-hybridized carbons (Fsp3) is 0.333. The van der Waals surface area contributed by atoms with Gasteiger partial charge < -0.3 is 10.4 Å². The maximum atomic E-state index is 10.8. The van der Waals surface area contributed by atoms with Crippen molar-refractivity contribution in [1.29, 1.82) is 0 Å². The van der Waals surface area contributed by atoms with Crippen molar-refractivity contribution in [3.8, 4) is 0 Å². The molecule has 2 aromatic carbocycles. The Morgan fingerprint density at radius 1 is 1.15 bits per heavy atom. The molecule has 1 unspecified atom stereocenters. The molecule has 3 rings (SSSR count). The van der Waals surface area contributed by atoms with Gasteiger partial charge in [0, 0.05) is 18.7 Å². The number of aryl methyl sites for hydroxylation is 1. The summed E-state index contributed by atoms with van der Waals surface area (Å²) in [6.45, 7) is 2.95. The molecule has 0 fully saturated rings. The third-order valence-electron chi connectivity index (χ3n) is 4.06. The Morgan fingerprint density at radius 3 is 2.75 bits per heavy atom. The van der Waals surface area contributed by atoms with Gasteiger partial charge in [0.2, 0.25) is 0 Å². The summed E-state index contributed by atoms with van der Waals surface area (Å²) in [7, 11) is 0. The predicted octanol–water partition coefficient (Wildman–Crippen LogP) is 3.49. The summed E-state index contributed by atoms with van der Waals surface area (Å²) >= 11 is 0. The third-order valence-corrected chi connectivity index (χ3v) is 4.06. The van der Waals surface area contributed by atoms with Crippen LogP contribution in [0.2, 0.25) is 0 Å². The van der Waals surface area contributed by atoms with Crippen LogP contribution in [0, 0.1) is 0 Å². The minimum atomic E-state index is -0.826. The Hall–Kier alpha value is -1.80. The van der Waals surface area contributed by atoms with E-state index in [1.807, 2.05) is 31.2 Å². The van der Waals surface area contributed by atoms with Crippen LogP contribution in [-0.2, 0) is 18.4 Å². The molecule has 0 radical (unpaired) electrons. The van der Waals surface area contributed by atoms with Crippen LogP contribution in [0.25, 0.3) is 0 Å². The van der Waals surface area contributed by atoms with Crippen molar-refractivity contribution in [2.24, 2.45) is 0 Å². The highest BCUT2D eigenvalue weighted by atomic mass is 16.3. The molecule has 20 heavy (non-hydrogen) atoms. The van der Waals surface area contributed by atoms with E-state index in [0.29, 0.717) is 6.42 Å². The fourth-order valence-electron chi connectivity index (χ4n) is 2.91. The monoisotopic (exact) mass is 267 g/mol. The van der Waals surface area contributed by atoms with Crippen LogP contribution in [-0.4, -0.2) is 11.7 Å². The van der Waals surface area contributed by atoms with Gasteiger partial charge in [-0.15, -0.1) is 0 Å². The van der Waals surface area contributed by atoms with Crippen molar-refractivity contribution in [3.05, 3.63) is 65.2 Å². The second-order valence-corrected chi connectivity index (χ2v) is 5.84. The normalized spacial score (nSPS) is 16.9. The predicted molar refractivity (Wildman–Crippen MR) is 83.0 cm³/mol. The van der Waals surface area contributed by atoms with Crippen LogP contribution in [0.3, 0.4) is 0 Å². The van der Waals surface area contributed by atoms with Gasteiger partial charge in [-0.3, -0.25) is 0 Å². The lowest BCUT2D eigenvalue weighted by molar-refractivity contribution is 0.0575. The Kier molecular flexibility index (Phi) is 3.49. The number of rotatable bonds is 3. The summed E-state index contributed by atoms with van der Waals surface area (Å²) in [5.41, 5.74) is 3.88. The van der Waals surface area contributed by atoms with E-state index in [9.17, 15) is 5.11 Å². The summed E-state index contributed by atoms with van der Waals surface area (Å²) < 4.78 is 0. The van der Waals surface area contributed by atoms with Gasteiger partial charge in [0.25, 0.3) is 0 Å². The number of anilines is 1. The molecule has 2 aromatic rings. The van der Waals surface area contributed by atoms with Crippen molar-refractivity contribution in [3.63, 3.8) is 0 Å². The molecule has 1 aliphatic heterocycles. The van der Waals surface area contributed by atoms with E-state index in [2.05, 4.69) is 29.6 Å². The first-order chi connectivity index (χ1) is 9.65. The van der Waals surface area contributed by atoms with Crippen molar-refractivity contribution in [2.75, 3.05) is 11.9 Å². The van der Waals surface area contributed by atoms with E-state index in [0.717, 1.165) is 30.5 Å². The molecule has 0 saturated carbocycles. The highest BCUT2D eigenvalue weighted by Gasteiger charge is 2.24. The molecule has 1 heterocycles. The summed E-state index contributed by atoms with van der Waals surface area (Å²) in [5.74, 6) is 0. The molecule has 2 nitrogen and oxygen atoms in total. The van der Waals surface area contributed by atoms with E-state index >= 15 is 0 Å². The highest BCUT2D eigenvalue weighted by molar-refractivity contribution is 5.55. The SMILES string of the molecule is CC(O)(Cc1ccccc1)c1ccc2c(c1)CCCN2. The van der Waals surface area contributed by atoms with Crippen molar-refractivity contribution >= 4 is 5.69 Å². The summed E-state index contributed by atoms with van der Waals surface area (Å²) in [5, 5.41) is 14.2. The molecule has 0 bridgehead atoms. The van der Waals surface area contributed by atoms with Gasteiger partial charge in [-0.2, -0.15) is 0 Å². The van der Waals surface area contributed by atoms with Crippen LogP contribution in [0.15, 0.2) is 48.5 Å². The van der Waals surface area contributed by atoms with E-state index < -0.39 is 5.60 Å². The largest absolute Gasteiger partial charge is 0.385 e. The molecule has 1 atom stereocenters. The quantitative estimate of drug-likeness (QED) is 0.892. The molecule has 2 N–H and O–H groups in total. The first-order valence-electron chi connectivity index (χ1n) is 7.29. The van der Waals surface area contributed by atoms with E-state index in [1.54, 1.807) is 0 Å². The lowest BCUT2D eigenvalue weighted by atomic mass is 9.87. The zero-order valence-corrected chi connectivity index (χ0v) is 11.9. The summed E-state index contributed by atoms with van der Waals surface area (Å²) in [4.78, 5) is 0. The molecule has 104 valence electrons. The standard InChI is InChI=1S/C18H21NO/c1-18(20,13-14-6-3-2-4-7-14)16-9-10-17-15(12-16)8-5-11-19-17/h2-4,6-7,9-10,12,19-20H,5,8,11,13H2,1H3. The van der Waals surface area contributed by atoms with Crippen LogP contribution < -0.4 is 5.32 Å². The Bertz CT molecular complexity index is 590. The zero-order chi connectivity index (χ0) is 14.0. The Labute approximate surface area is 120 Å². The molecule has 0 saturated heterocycles. The van der Waals surface area contributed by atoms with Gasteiger partial charge >= 0.3 is 0 Å². The molecular formula is C18H21NO. The Morgan fingerprint density at radius 2 is 1.95 bits per heavy atom. The highest BCUT2D eigenvalue weighted by Crippen LogP contribution is 2.30. The smallest absolute Gasteiger partial charge is 0.0908 e. The third kappa shape index (κ3) is 2.70. The number of fused-ring (bicyclic) bond motifs is 1. The maximum absolute atomic E-state index is 10.8. The number of nitrogens with one attached hydrogen (secondary N) is 1. The second-order valence-electron chi connectivity index (χ2n) is 5.84. The molecule has 1 aliphatic rings. The van der Waals surface area contributed by atoms with Gasteiger partial charge in [0.15, 0.2) is 0 Å². The van der Waals surface area contributed by atoms with Crippen LogP contribution in [0.5, 0.6) is 0 Å². The van der Waals surface area contributed by atoms with Gasteiger partial charge in [-0.25, -0.2) is 0 Å². The molecule has 2 heteroatoms. The summed E-state index contributed by atoms with van der Waals surface area (Å²) in [6.07, 6.45) is 2.90. The minimum absolute atomic E-state index is 0.639. The minimum Gasteiger partial charge on any atom is -0.385 e. The average molecular weight is 267 g/mol. The number of benzene rings is 2. The maximum Gasteiger partial charge on any atom is 0.0908 e. The first kappa shape index (κ1) is 13.2. The fourth-order valence-corrected chi connectivity index (χ4v) is 2.91. The Balaban J connectivity index is 1.87. The van der Waals surface area contributed by atoms with Gasteiger partial charge in [0.1, 0.15) is 0 Å². The number of hydrogen-bond acceptors (Lipinski definition) is 2. The second kappa shape index (κ2) is 5.29. The van der Waals surface area contributed by atoms with E-state index in [4.69, 9.17) is 0 Å². The summed E-state index contributed by atoms with van der Waals surface area (Å²) in [6, 6.07) is 16.5. The van der Waals surface area contributed by atoms with Gasteiger partial charge in [0.05, 0.1) is 5.60 Å². The molecule has 0 spiro atoms. The molecular weight excluding hydrogens is 246 g/mol. The topological polar surface area (TPSA) is 32.3 Å².